The number of rotatable bonds is 5. The van der Waals surface area contributed by atoms with E-state index in [1.165, 1.54) is 0 Å². The van der Waals surface area contributed by atoms with Crippen LogP contribution < -0.4 is 5.32 Å². The minimum Gasteiger partial charge on any atom is -0.481 e. The van der Waals surface area contributed by atoms with Gasteiger partial charge in [-0.25, -0.2) is 4.79 Å². The molecule has 1 saturated carbocycles. The summed E-state index contributed by atoms with van der Waals surface area (Å²) in [4.78, 5) is 32.7. The van der Waals surface area contributed by atoms with Gasteiger partial charge in [-0.1, -0.05) is 12.8 Å². The summed E-state index contributed by atoms with van der Waals surface area (Å²) in [5.41, 5.74) is 0. The molecule has 1 amide bonds. The van der Waals surface area contributed by atoms with E-state index in [2.05, 4.69) is 5.32 Å². The van der Waals surface area contributed by atoms with Crippen molar-refractivity contribution in [3.63, 3.8) is 0 Å². The third-order valence-electron chi connectivity index (χ3n) is 2.72. The molecule has 0 aromatic rings. The Bertz CT molecular complexity index is 296. The first-order valence-corrected chi connectivity index (χ1v) is 5.25. The van der Waals surface area contributed by atoms with Crippen molar-refractivity contribution in [1.82, 2.24) is 5.32 Å². The molecular weight excluding hydrogens is 214 g/mol. The molecule has 0 spiro atoms. The maximum atomic E-state index is 11.6. The Labute approximate surface area is 92.6 Å². The van der Waals surface area contributed by atoms with Crippen LogP contribution in [0.4, 0.5) is 0 Å². The Morgan fingerprint density at radius 2 is 1.75 bits per heavy atom. The number of hydrogen-bond donors (Lipinski definition) is 3. The molecule has 0 unspecified atom stereocenters. The van der Waals surface area contributed by atoms with E-state index in [9.17, 15) is 14.4 Å². The number of carboxylic acids is 2. The van der Waals surface area contributed by atoms with Crippen molar-refractivity contribution in [2.24, 2.45) is 5.92 Å². The summed E-state index contributed by atoms with van der Waals surface area (Å²) in [6, 6.07) is -1.33. The van der Waals surface area contributed by atoms with Crippen LogP contribution in [-0.2, 0) is 14.4 Å². The Morgan fingerprint density at radius 1 is 1.19 bits per heavy atom. The topological polar surface area (TPSA) is 104 Å². The molecule has 0 radical (unpaired) electrons. The van der Waals surface area contributed by atoms with E-state index in [-0.39, 0.29) is 11.8 Å². The zero-order valence-electron chi connectivity index (χ0n) is 8.81. The van der Waals surface area contributed by atoms with Crippen LogP contribution in [0.1, 0.15) is 32.1 Å². The van der Waals surface area contributed by atoms with Crippen LogP contribution in [0.2, 0.25) is 0 Å². The molecule has 1 aliphatic carbocycles. The van der Waals surface area contributed by atoms with Crippen molar-refractivity contribution in [3.05, 3.63) is 0 Å². The van der Waals surface area contributed by atoms with Gasteiger partial charge in [0, 0.05) is 5.92 Å². The maximum absolute atomic E-state index is 11.6. The van der Waals surface area contributed by atoms with Gasteiger partial charge in [0.15, 0.2) is 0 Å². The summed E-state index contributed by atoms with van der Waals surface area (Å²) in [7, 11) is 0. The number of carbonyl (C=O) groups excluding carboxylic acids is 1. The average Bonchev–Trinajstić information content (AvgIpc) is 2.68. The highest BCUT2D eigenvalue weighted by Crippen LogP contribution is 2.24. The van der Waals surface area contributed by atoms with Crippen LogP contribution in [0.25, 0.3) is 0 Å². The fourth-order valence-corrected chi connectivity index (χ4v) is 1.85. The summed E-state index contributed by atoms with van der Waals surface area (Å²) < 4.78 is 0. The number of nitrogens with one attached hydrogen (secondary N) is 1. The predicted octanol–water partition coefficient (Wildman–Crippen LogP) is 0.221. The normalized spacial score (nSPS) is 18.0. The Morgan fingerprint density at radius 3 is 2.19 bits per heavy atom. The molecule has 0 aliphatic heterocycles. The lowest BCUT2D eigenvalue weighted by molar-refractivity contribution is -0.147. The molecule has 0 saturated heterocycles. The lowest BCUT2D eigenvalue weighted by atomic mass is 10.1. The molecular formula is C10H15NO5. The highest BCUT2D eigenvalue weighted by molar-refractivity contribution is 5.87. The molecule has 1 aliphatic rings. The van der Waals surface area contributed by atoms with Gasteiger partial charge in [-0.05, 0) is 12.8 Å². The van der Waals surface area contributed by atoms with E-state index in [0.717, 1.165) is 25.7 Å². The van der Waals surface area contributed by atoms with Crippen LogP contribution in [0.15, 0.2) is 0 Å². The molecule has 0 bridgehead atoms. The number of aliphatic carboxylic acids is 2. The van der Waals surface area contributed by atoms with Gasteiger partial charge in [-0.2, -0.15) is 0 Å². The highest BCUT2D eigenvalue weighted by Gasteiger charge is 2.28. The van der Waals surface area contributed by atoms with Crippen molar-refractivity contribution in [3.8, 4) is 0 Å². The van der Waals surface area contributed by atoms with Crippen molar-refractivity contribution in [2.75, 3.05) is 0 Å². The van der Waals surface area contributed by atoms with Crippen LogP contribution >= 0.6 is 0 Å². The number of carboxylic acid groups (broad SMARTS) is 2. The Hall–Kier alpha value is -1.59. The first-order chi connectivity index (χ1) is 7.50. The van der Waals surface area contributed by atoms with Crippen molar-refractivity contribution in [1.29, 1.82) is 0 Å². The van der Waals surface area contributed by atoms with Gasteiger partial charge in [-0.3, -0.25) is 9.59 Å². The minimum absolute atomic E-state index is 0.157. The third kappa shape index (κ3) is 3.52. The van der Waals surface area contributed by atoms with E-state index in [4.69, 9.17) is 10.2 Å². The Balaban J connectivity index is 2.50. The summed E-state index contributed by atoms with van der Waals surface area (Å²) in [5, 5.41) is 19.5. The number of hydrogen-bond acceptors (Lipinski definition) is 3. The second-order valence-corrected chi connectivity index (χ2v) is 3.98. The standard InChI is InChI=1S/C10H15NO5/c12-8(13)5-7(10(15)16)11-9(14)6-3-1-2-4-6/h6-7H,1-5H2,(H,11,14)(H,12,13)(H,15,16)/t7-/m0/s1. The van der Waals surface area contributed by atoms with Gasteiger partial charge in [0.1, 0.15) is 6.04 Å². The molecule has 6 heteroatoms. The van der Waals surface area contributed by atoms with Crippen LogP contribution in [-0.4, -0.2) is 34.1 Å². The molecule has 6 nitrogen and oxygen atoms in total. The highest BCUT2D eigenvalue weighted by atomic mass is 16.4. The van der Waals surface area contributed by atoms with Crippen molar-refractivity contribution >= 4 is 17.8 Å². The molecule has 3 N–H and O–H groups in total. The number of carbonyl (C=O) groups is 3. The lowest BCUT2D eigenvalue weighted by Gasteiger charge is -2.15. The second-order valence-electron chi connectivity index (χ2n) is 3.98. The van der Waals surface area contributed by atoms with E-state index in [1.54, 1.807) is 0 Å². The van der Waals surface area contributed by atoms with Gasteiger partial charge in [0.25, 0.3) is 0 Å². The smallest absolute Gasteiger partial charge is 0.326 e. The molecule has 16 heavy (non-hydrogen) atoms. The zero-order chi connectivity index (χ0) is 12.1. The van der Waals surface area contributed by atoms with Crippen LogP contribution in [0.5, 0.6) is 0 Å². The predicted molar refractivity (Wildman–Crippen MR) is 53.8 cm³/mol. The molecule has 0 aromatic carbocycles. The molecule has 1 fully saturated rings. The summed E-state index contributed by atoms with van der Waals surface area (Å²) in [6.45, 7) is 0. The van der Waals surface area contributed by atoms with Crippen LogP contribution in [0.3, 0.4) is 0 Å². The zero-order valence-corrected chi connectivity index (χ0v) is 8.81. The lowest BCUT2D eigenvalue weighted by Crippen LogP contribution is -2.44. The Kier molecular flexibility index (Phi) is 4.28. The van der Waals surface area contributed by atoms with Gasteiger partial charge in [-0.15, -0.1) is 0 Å². The van der Waals surface area contributed by atoms with Crippen molar-refractivity contribution in [2.45, 2.75) is 38.1 Å². The maximum Gasteiger partial charge on any atom is 0.326 e. The SMILES string of the molecule is O=C(O)C[C@H](NC(=O)C1CCCC1)C(=O)O. The molecule has 1 rings (SSSR count). The van der Waals surface area contributed by atoms with Gasteiger partial charge in [0.2, 0.25) is 5.91 Å². The quantitative estimate of drug-likeness (QED) is 0.625. The molecule has 0 heterocycles. The van der Waals surface area contributed by atoms with Gasteiger partial charge >= 0.3 is 11.9 Å². The summed E-state index contributed by atoms with van der Waals surface area (Å²) in [6.07, 6.45) is 2.85. The summed E-state index contributed by atoms with van der Waals surface area (Å²) >= 11 is 0. The second kappa shape index (κ2) is 5.48. The van der Waals surface area contributed by atoms with Gasteiger partial charge < -0.3 is 15.5 Å². The first kappa shape index (κ1) is 12.5. The first-order valence-electron chi connectivity index (χ1n) is 5.25. The van der Waals surface area contributed by atoms with E-state index >= 15 is 0 Å². The summed E-state index contributed by atoms with van der Waals surface area (Å²) in [5.74, 6) is -3.05. The van der Waals surface area contributed by atoms with E-state index in [1.807, 2.05) is 0 Å². The van der Waals surface area contributed by atoms with Crippen molar-refractivity contribution < 1.29 is 24.6 Å². The van der Waals surface area contributed by atoms with Crippen LogP contribution in [0, 0.1) is 5.92 Å². The fourth-order valence-electron chi connectivity index (χ4n) is 1.85. The average molecular weight is 229 g/mol. The number of amides is 1. The molecule has 0 aromatic heterocycles. The third-order valence-corrected chi connectivity index (χ3v) is 2.72. The van der Waals surface area contributed by atoms with E-state index in [0.29, 0.717) is 0 Å². The van der Waals surface area contributed by atoms with Gasteiger partial charge in [0.05, 0.1) is 6.42 Å². The minimum atomic E-state index is -1.33. The van der Waals surface area contributed by atoms with E-state index < -0.39 is 24.4 Å². The monoisotopic (exact) mass is 229 g/mol. The largest absolute Gasteiger partial charge is 0.481 e. The molecule has 90 valence electrons. The fraction of sp³-hybridized carbons (Fsp3) is 0.700. The molecule has 1 atom stereocenters.